The molecule has 0 fully saturated rings. The zero-order chi connectivity index (χ0) is 10.8. The number of rotatable bonds is 2. The maximum absolute atomic E-state index is 4.49. The Balaban J connectivity index is 2.74. The van der Waals surface area contributed by atoms with Crippen molar-refractivity contribution < 1.29 is 0 Å². The standard InChI is InChI=1S/C12H20N2/c1-9-7-6-8-11(13-9)10(2)14-12(3,4)5/h6-8,10,14H,1-5H3. The Bertz CT molecular complexity index is 299. The Morgan fingerprint density at radius 2 is 1.93 bits per heavy atom. The minimum Gasteiger partial charge on any atom is -0.304 e. The molecule has 0 bridgehead atoms. The second-order valence-electron chi connectivity index (χ2n) is 4.82. The van der Waals surface area contributed by atoms with Crippen molar-refractivity contribution in [2.75, 3.05) is 0 Å². The Labute approximate surface area is 86.8 Å². The quantitative estimate of drug-likeness (QED) is 0.779. The smallest absolute Gasteiger partial charge is 0.0573 e. The van der Waals surface area contributed by atoms with E-state index in [4.69, 9.17) is 0 Å². The van der Waals surface area contributed by atoms with Crippen LogP contribution < -0.4 is 5.32 Å². The molecule has 0 aliphatic rings. The highest BCUT2D eigenvalue weighted by atomic mass is 15.0. The van der Waals surface area contributed by atoms with Gasteiger partial charge in [0.05, 0.1) is 5.69 Å². The first-order valence-electron chi connectivity index (χ1n) is 5.10. The van der Waals surface area contributed by atoms with E-state index < -0.39 is 0 Å². The van der Waals surface area contributed by atoms with E-state index in [0.717, 1.165) is 11.4 Å². The second-order valence-corrected chi connectivity index (χ2v) is 4.82. The van der Waals surface area contributed by atoms with Crippen molar-refractivity contribution in [2.24, 2.45) is 0 Å². The minimum atomic E-state index is 0.130. The van der Waals surface area contributed by atoms with Crippen molar-refractivity contribution in [3.05, 3.63) is 29.6 Å². The average molecular weight is 192 g/mol. The van der Waals surface area contributed by atoms with Gasteiger partial charge in [-0.1, -0.05) is 6.07 Å². The number of pyridine rings is 1. The van der Waals surface area contributed by atoms with Crippen molar-refractivity contribution in [3.8, 4) is 0 Å². The first kappa shape index (κ1) is 11.2. The maximum atomic E-state index is 4.49. The highest BCUT2D eigenvalue weighted by Gasteiger charge is 2.15. The van der Waals surface area contributed by atoms with Crippen LogP contribution in [-0.2, 0) is 0 Å². The third-order valence-electron chi connectivity index (χ3n) is 2.00. The summed E-state index contributed by atoms with van der Waals surface area (Å²) in [7, 11) is 0. The molecule has 14 heavy (non-hydrogen) atoms. The topological polar surface area (TPSA) is 24.9 Å². The molecule has 1 unspecified atom stereocenters. The molecule has 0 saturated carbocycles. The van der Waals surface area contributed by atoms with Crippen molar-refractivity contribution in [2.45, 2.75) is 46.2 Å². The Morgan fingerprint density at radius 3 is 2.43 bits per heavy atom. The normalized spacial score (nSPS) is 14.1. The van der Waals surface area contributed by atoms with Crippen LogP contribution in [0.5, 0.6) is 0 Å². The highest BCUT2D eigenvalue weighted by Crippen LogP contribution is 2.14. The molecule has 0 radical (unpaired) electrons. The molecule has 1 atom stereocenters. The predicted molar refractivity (Wildman–Crippen MR) is 60.3 cm³/mol. The van der Waals surface area contributed by atoms with Gasteiger partial charge in [-0.05, 0) is 46.8 Å². The van der Waals surface area contributed by atoms with Crippen LogP contribution in [0.15, 0.2) is 18.2 Å². The lowest BCUT2D eigenvalue weighted by molar-refractivity contribution is 0.373. The van der Waals surface area contributed by atoms with E-state index >= 15 is 0 Å². The summed E-state index contributed by atoms with van der Waals surface area (Å²) in [6.07, 6.45) is 0. The van der Waals surface area contributed by atoms with Crippen LogP contribution in [0.1, 0.15) is 45.1 Å². The van der Waals surface area contributed by atoms with E-state index in [-0.39, 0.29) is 5.54 Å². The number of aromatic nitrogens is 1. The SMILES string of the molecule is Cc1cccc(C(C)NC(C)(C)C)n1. The highest BCUT2D eigenvalue weighted by molar-refractivity contribution is 5.13. The minimum absolute atomic E-state index is 0.130. The monoisotopic (exact) mass is 192 g/mol. The fourth-order valence-electron chi connectivity index (χ4n) is 1.53. The lowest BCUT2D eigenvalue weighted by Gasteiger charge is -2.25. The summed E-state index contributed by atoms with van der Waals surface area (Å²) in [6.45, 7) is 10.7. The van der Waals surface area contributed by atoms with Crippen LogP contribution in [-0.4, -0.2) is 10.5 Å². The zero-order valence-electron chi connectivity index (χ0n) is 9.76. The summed E-state index contributed by atoms with van der Waals surface area (Å²) in [4.78, 5) is 4.49. The van der Waals surface area contributed by atoms with Gasteiger partial charge in [0.1, 0.15) is 0 Å². The van der Waals surface area contributed by atoms with Gasteiger partial charge in [-0.15, -0.1) is 0 Å². The molecule has 2 heteroatoms. The number of hydrogen-bond donors (Lipinski definition) is 1. The molecule has 0 aliphatic heterocycles. The summed E-state index contributed by atoms with van der Waals surface area (Å²) in [6, 6.07) is 6.44. The Morgan fingerprint density at radius 1 is 1.29 bits per heavy atom. The van der Waals surface area contributed by atoms with Gasteiger partial charge in [0.2, 0.25) is 0 Å². The van der Waals surface area contributed by atoms with Crippen molar-refractivity contribution in [1.29, 1.82) is 0 Å². The lowest BCUT2D eigenvalue weighted by atomic mass is 10.1. The van der Waals surface area contributed by atoms with Crippen LogP contribution in [0.3, 0.4) is 0 Å². The Kier molecular flexibility index (Phi) is 3.27. The Hall–Kier alpha value is -0.890. The molecule has 0 aliphatic carbocycles. The van der Waals surface area contributed by atoms with Gasteiger partial charge < -0.3 is 5.32 Å². The summed E-state index contributed by atoms with van der Waals surface area (Å²) >= 11 is 0. The third kappa shape index (κ3) is 3.46. The van der Waals surface area contributed by atoms with E-state index in [0.29, 0.717) is 6.04 Å². The van der Waals surface area contributed by atoms with Gasteiger partial charge in [0, 0.05) is 17.3 Å². The van der Waals surface area contributed by atoms with Gasteiger partial charge in [0.15, 0.2) is 0 Å². The summed E-state index contributed by atoms with van der Waals surface area (Å²) < 4.78 is 0. The van der Waals surface area contributed by atoms with E-state index in [9.17, 15) is 0 Å². The number of hydrogen-bond acceptors (Lipinski definition) is 2. The molecule has 0 saturated heterocycles. The van der Waals surface area contributed by atoms with Crippen molar-refractivity contribution in [3.63, 3.8) is 0 Å². The molecular weight excluding hydrogens is 172 g/mol. The fraction of sp³-hybridized carbons (Fsp3) is 0.583. The number of nitrogens with one attached hydrogen (secondary N) is 1. The van der Waals surface area contributed by atoms with Gasteiger partial charge in [0.25, 0.3) is 0 Å². The molecule has 0 amide bonds. The number of aryl methyl sites for hydroxylation is 1. The molecule has 1 aromatic rings. The third-order valence-corrected chi connectivity index (χ3v) is 2.00. The van der Waals surface area contributed by atoms with Crippen LogP contribution in [0.4, 0.5) is 0 Å². The number of nitrogens with zero attached hydrogens (tertiary/aromatic N) is 1. The molecule has 1 N–H and O–H groups in total. The molecule has 78 valence electrons. The summed E-state index contributed by atoms with van der Waals surface area (Å²) in [5.41, 5.74) is 2.31. The molecule has 1 rings (SSSR count). The summed E-state index contributed by atoms with van der Waals surface area (Å²) in [5.74, 6) is 0. The molecule has 1 aromatic heterocycles. The largest absolute Gasteiger partial charge is 0.304 e. The van der Waals surface area contributed by atoms with Crippen LogP contribution in [0, 0.1) is 6.92 Å². The van der Waals surface area contributed by atoms with Crippen molar-refractivity contribution in [1.82, 2.24) is 10.3 Å². The molecule has 1 heterocycles. The van der Waals surface area contributed by atoms with E-state index in [1.165, 1.54) is 0 Å². The predicted octanol–water partition coefficient (Wildman–Crippen LogP) is 2.84. The van der Waals surface area contributed by atoms with Gasteiger partial charge in [-0.3, -0.25) is 4.98 Å². The second kappa shape index (κ2) is 4.09. The van der Waals surface area contributed by atoms with Gasteiger partial charge in [-0.2, -0.15) is 0 Å². The molecule has 0 aromatic carbocycles. The lowest BCUT2D eigenvalue weighted by Crippen LogP contribution is -2.37. The average Bonchev–Trinajstić information content (AvgIpc) is 2.01. The maximum Gasteiger partial charge on any atom is 0.0573 e. The first-order valence-corrected chi connectivity index (χ1v) is 5.10. The van der Waals surface area contributed by atoms with E-state index in [1.807, 2.05) is 13.0 Å². The first-order chi connectivity index (χ1) is 6.38. The van der Waals surface area contributed by atoms with Gasteiger partial charge in [-0.25, -0.2) is 0 Å². The van der Waals surface area contributed by atoms with E-state index in [1.54, 1.807) is 0 Å². The van der Waals surface area contributed by atoms with Gasteiger partial charge >= 0.3 is 0 Å². The summed E-state index contributed by atoms with van der Waals surface area (Å²) in [5, 5.41) is 3.50. The van der Waals surface area contributed by atoms with Crippen molar-refractivity contribution >= 4 is 0 Å². The fourth-order valence-corrected chi connectivity index (χ4v) is 1.53. The van der Waals surface area contributed by atoms with Crippen LogP contribution in [0.2, 0.25) is 0 Å². The van der Waals surface area contributed by atoms with Crippen LogP contribution in [0.25, 0.3) is 0 Å². The molecular formula is C12H20N2. The zero-order valence-corrected chi connectivity index (χ0v) is 9.76. The van der Waals surface area contributed by atoms with E-state index in [2.05, 4.69) is 50.1 Å². The molecule has 0 spiro atoms. The molecule has 2 nitrogen and oxygen atoms in total. The van der Waals surface area contributed by atoms with Crippen LogP contribution >= 0.6 is 0 Å².